The standard InChI is InChI=1S/C16H16N4/c1-2-19-16(15-11-18-8-9-20-15)13-5-3-4-12-6-7-17-10-14(12)13/h3-11,16,19H,2H2,1H3. The minimum atomic E-state index is 0.0293. The van der Waals surface area contributed by atoms with Crippen LogP contribution in [0, 0.1) is 0 Å². The average Bonchev–Trinajstić information content (AvgIpc) is 2.53. The number of hydrogen-bond donors (Lipinski definition) is 1. The summed E-state index contributed by atoms with van der Waals surface area (Å²) in [5, 5.41) is 5.81. The summed E-state index contributed by atoms with van der Waals surface area (Å²) in [5.74, 6) is 0. The smallest absolute Gasteiger partial charge is 0.0801 e. The maximum atomic E-state index is 4.44. The summed E-state index contributed by atoms with van der Waals surface area (Å²) < 4.78 is 0. The van der Waals surface area contributed by atoms with E-state index < -0.39 is 0 Å². The third kappa shape index (κ3) is 2.38. The Balaban J connectivity index is 2.15. The van der Waals surface area contributed by atoms with Crippen molar-refractivity contribution in [2.24, 2.45) is 0 Å². The first-order valence-electron chi connectivity index (χ1n) is 6.72. The van der Waals surface area contributed by atoms with E-state index in [0.29, 0.717) is 0 Å². The highest BCUT2D eigenvalue weighted by Gasteiger charge is 2.16. The molecule has 0 aliphatic heterocycles. The van der Waals surface area contributed by atoms with Crippen LogP contribution in [0.25, 0.3) is 10.8 Å². The lowest BCUT2D eigenvalue weighted by atomic mass is 9.98. The molecule has 4 heteroatoms. The van der Waals surface area contributed by atoms with Gasteiger partial charge in [0.2, 0.25) is 0 Å². The lowest BCUT2D eigenvalue weighted by Crippen LogP contribution is -2.23. The predicted molar refractivity (Wildman–Crippen MR) is 79.3 cm³/mol. The first kappa shape index (κ1) is 12.7. The van der Waals surface area contributed by atoms with Crippen molar-refractivity contribution in [3.63, 3.8) is 0 Å². The first-order chi connectivity index (χ1) is 9.90. The van der Waals surface area contributed by atoms with E-state index in [1.54, 1.807) is 12.4 Å². The maximum absolute atomic E-state index is 4.44. The highest BCUT2D eigenvalue weighted by atomic mass is 14.9. The van der Waals surface area contributed by atoms with Gasteiger partial charge in [-0.2, -0.15) is 0 Å². The van der Waals surface area contributed by atoms with Crippen molar-refractivity contribution >= 4 is 10.8 Å². The van der Waals surface area contributed by atoms with E-state index in [0.717, 1.165) is 17.6 Å². The summed E-state index contributed by atoms with van der Waals surface area (Å²) in [4.78, 5) is 12.9. The zero-order chi connectivity index (χ0) is 13.8. The number of aromatic nitrogens is 3. The Labute approximate surface area is 117 Å². The molecule has 0 spiro atoms. The van der Waals surface area contributed by atoms with E-state index in [9.17, 15) is 0 Å². The second kappa shape index (κ2) is 5.75. The summed E-state index contributed by atoms with van der Waals surface area (Å²) in [5.41, 5.74) is 2.10. The second-order valence-corrected chi connectivity index (χ2v) is 4.57. The molecule has 1 unspecified atom stereocenters. The van der Waals surface area contributed by atoms with Gasteiger partial charge in [-0.05, 0) is 23.6 Å². The minimum Gasteiger partial charge on any atom is -0.305 e. The van der Waals surface area contributed by atoms with E-state index in [1.165, 1.54) is 10.9 Å². The molecular formula is C16H16N4. The van der Waals surface area contributed by atoms with Crippen LogP contribution in [0.15, 0.2) is 55.2 Å². The summed E-state index contributed by atoms with van der Waals surface area (Å²) in [7, 11) is 0. The molecule has 1 aromatic carbocycles. The minimum absolute atomic E-state index is 0.0293. The van der Waals surface area contributed by atoms with Gasteiger partial charge in [0.25, 0.3) is 0 Å². The largest absolute Gasteiger partial charge is 0.305 e. The highest BCUT2D eigenvalue weighted by Crippen LogP contribution is 2.27. The monoisotopic (exact) mass is 264 g/mol. The Morgan fingerprint density at radius 1 is 1.05 bits per heavy atom. The Kier molecular flexibility index (Phi) is 3.65. The number of benzene rings is 1. The van der Waals surface area contributed by atoms with E-state index in [-0.39, 0.29) is 6.04 Å². The van der Waals surface area contributed by atoms with Crippen molar-refractivity contribution in [2.75, 3.05) is 6.54 Å². The van der Waals surface area contributed by atoms with Crippen LogP contribution in [-0.4, -0.2) is 21.5 Å². The number of fused-ring (bicyclic) bond motifs is 1. The van der Waals surface area contributed by atoms with Crippen LogP contribution in [0.5, 0.6) is 0 Å². The van der Waals surface area contributed by atoms with Crippen LogP contribution >= 0.6 is 0 Å². The molecule has 3 rings (SSSR count). The summed E-state index contributed by atoms with van der Waals surface area (Å²) in [6, 6.07) is 8.34. The summed E-state index contributed by atoms with van der Waals surface area (Å²) >= 11 is 0. The number of hydrogen-bond acceptors (Lipinski definition) is 4. The molecule has 20 heavy (non-hydrogen) atoms. The Morgan fingerprint density at radius 3 is 2.75 bits per heavy atom. The summed E-state index contributed by atoms with van der Waals surface area (Å²) in [6.45, 7) is 2.95. The van der Waals surface area contributed by atoms with E-state index in [4.69, 9.17) is 0 Å². The van der Waals surface area contributed by atoms with Gasteiger partial charge in [-0.15, -0.1) is 0 Å². The van der Waals surface area contributed by atoms with Gasteiger partial charge in [0.1, 0.15) is 0 Å². The van der Waals surface area contributed by atoms with Crippen LogP contribution < -0.4 is 5.32 Å². The van der Waals surface area contributed by atoms with E-state index in [2.05, 4.69) is 45.4 Å². The van der Waals surface area contributed by atoms with Gasteiger partial charge in [0.15, 0.2) is 0 Å². The fourth-order valence-corrected chi connectivity index (χ4v) is 2.43. The van der Waals surface area contributed by atoms with E-state index in [1.807, 2.05) is 24.7 Å². The fraction of sp³-hybridized carbons (Fsp3) is 0.188. The van der Waals surface area contributed by atoms with Crippen LogP contribution in [-0.2, 0) is 0 Å². The van der Waals surface area contributed by atoms with Gasteiger partial charge in [-0.3, -0.25) is 15.0 Å². The molecule has 0 aliphatic carbocycles. The van der Waals surface area contributed by atoms with Crippen molar-refractivity contribution in [3.05, 3.63) is 66.5 Å². The van der Waals surface area contributed by atoms with Crippen molar-refractivity contribution in [1.82, 2.24) is 20.3 Å². The van der Waals surface area contributed by atoms with Crippen LogP contribution in [0.3, 0.4) is 0 Å². The van der Waals surface area contributed by atoms with Crippen LogP contribution in [0.1, 0.15) is 24.2 Å². The zero-order valence-corrected chi connectivity index (χ0v) is 11.3. The second-order valence-electron chi connectivity index (χ2n) is 4.57. The van der Waals surface area contributed by atoms with Gasteiger partial charge in [-0.25, -0.2) is 0 Å². The third-order valence-corrected chi connectivity index (χ3v) is 3.32. The van der Waals surface area contributed by atoms with Gasteiger partial charge in [0, 0.05) is 30.2 Å². The molecular weight excluding hydrogens is 248 g/mol. The molecule has 0 amide bonds. The van der Waals surface area contributed by atoms with Crippen molar-refractivity contribution in [2.45, 2.75) is 13.0 Å². The summed E-state index contributed by atoms with van der Waals surface area (Å²) in [6.07, 6.45) is 8.95. The predicted octanol–water partition coefficient (Wildman–Crippen LogP) is 2.72. The molecule has 4 nitrogen and oxygen atoms in total. The fourth-order valence-electron chi connectivity index (χ4n) is 2.43. The van der Waals surface area contributed by atoms with Gasteiger partial charge in [-0.1, -0.05) is 25.1 Å². The molecule has 100 valence electrons. The highest BCUT2D eigenvalue weighted by molar-refractivity contribution is 5.85. The van der Waals surface area contributed by atoms with Gasteiger partial charge >= 0.3 is 0 Å². The normalized spacial score (nSPS) is 12.4. The van der Waals surface area contributed by atoms with Crippen LogP contribution in [0.2, 0.25) is 0 Å². The molecule has 0 aliphatic rings. The molecule has 2 heterocycles. The molecule has 0 saturated heterocycles. The topological polar surface area (TPSA) is 50.7 Å². The SMILES string of the molecule is CCNC(c1cnccn1)c1cccc2ccncc12. The van der Waals surface area contributed by atoms with E-state index >= 15 is 0 Å². The Bertz CT molecular complexity index is 692. The van der Waals surface area contributed by atoms with Gasteiger partial charge < -0.3 is 5.32 Å². The molecule has 2 aromatic heterocycles. The van der Waals surface area contributed by atoms with Crippen molar-refractivity contribution in [3.8, 4) is 0 Å². The quantitative estimate of drug-likeness (QED) is 0.787. The van der Waals surface area contributed by atoms with Crippen molar-refractivity contribution < 1.29 is 0 Å². The molecule has 1 atom stereocenters. The Morgan fingerprint density at radius 2 is 1.95 bits per heavy atom. The molecule has 3 aromatic rings. The number of nitrogens with one attached hydrogen (secondary N) is 1. The third-order valence-electron chi connectivity index (χ3n) is 3.32. The Hall–Kier alpha value is -2.33. The average molecular weight is 264 g/mol. The lowest BCUT2D eigenvalue weighted by Gasteiger charge is -2.19. The number of nitrogens with zero attached hydrogens (tertiary/aromatic N) is 3. The first-order valence-corrected chi connectivity index (χ1v) is 6.72. The van der Waals surface area contributed by atoms with Crippen LogP contribution in [0.4, 0.5) is 0 Å². The molecule has 0 fully saturated rings. The molecule has 0 saturated carbocycles. The maximum Gasteiger partial charge on any atom is 0.0801 e. The zero-order valence-electron chi connectivity index (χ0n) is 11.3. The van der Waals surface area contributed by atoms with Crippen molar-refractivity contribution in [1.29, 1.82) is 0 Å². The number of pyridine rings is 1. The molecule has 0 bridgehead atoms. The van der Waals surface area contributed by atoms with Gasteiger partial charge in [0.05, 0.1) is 17.9 Å². The molecule has 0 radical (unpaired) electrons. The lowest BCUT2D eigenvalue weighted by molar-refractivity contribution is 0.616. The molecule has 1 N–H and O–H groups in total. The number of rotatable bonds is 4.